The average molecular weight is 825 g/mol. The van der Waals surface area contributed by atoms with Crippen LogP contribution in [-0.2, 0) is 42.7 Å². The molecule has 2 aliphatic rings. The first-order valence-corrected chi connectivity index (χ1v) is 19.3. The van der Waals surface area contributed by atoms with Crippen molar-refractivity contribution >= 4 is 33.7 Å². The van der Waals surface area contributed by atoms with Gasteiger partial charge in [-0.2, -0.15) is 8.42 Å². The molecule has 0 fully saturated rings. The van der Waals surface area contributed by atoms with E-state index >= 15 is 0 Å². The number of aryl methyl sites for hydroxylation is 1. The summed E-state index contributed by atoms with van der Waals surface area (Å²) < 4.78 is 60.1. The molecule has 0 aliphatic carbocycles. The third-order valence-electron chi connectivity index (χ3n) is 7.60. The van der Waals surface area contributed by atoms with Gasteiger partial charge < -0.3 is 43.3 Å². The quantitative estimate of drug-likeness (QED) is 0.0615. The topological polar surface area (TPSA) is 184 Å². The van der Waals surface area contributed by atoms with Gasteiger partial charge in [-0.05, 0) is 45.0 Å². The zero-order valence-corrected chi connectivity index (χ0v) is 36.4. The van der Waals surface area contributed by atoms with Crippen LogP contribution >= 0.6 is 0 Å². The summed E-state index contributed by atoms with van der Waals surface area (Å²) in [5.41, 5.74) is 2.75. The van der Waals surface area contributed by atoms with Gasteiger partial charge in [0, 0.05) is 24.3 Å². The van der Waals surface area contributed by atoms with Gasteiger partial charge in [0.05, 0.1) is 107 Å². The van der Waals surface area contributed by atoms with Crippen molar-refractivity contribution in [2.24, 2.45) is 0 Å². The van der Waals surface area contributed by atoms with Crippen LogP contribution < -0.4 is 51.4 Å². The van der Waals surface area contributed by atoms with Crippen LogP contribution in [0.4, 0.5) is 0 Å². The molecule has 3 aromatic rings. The number of amides is 4. The maximum absolute atomic E-state index is 12.1. The van der Waals surface area contributed by atoms with Gasteiger partial charge in [-0.3, -0.25) is 18.7 Å². The molecule has 0 bridgehead atoms. The summed E-state index contributed by atoms with van der Waals surface area (Å²) in [5, 5.41) is 3.28. The number of nitrogens with zero attached hydrogens (tertiary/aromatic N) is 2. The normalized spacial score (nSPS) is 12.9. The predicted molar refractivity (Wildman–Crippen MR) is 201 cm³/mol. The first-order valence-electron chi connectivity index (χ1n) is 17.9. The van der Waals surface area contributed by atoms with Crippen LogP contribution in [0, 0.1) is 6.92 Å². The Morgan fingerprint density at radius 2 is 0.893 bits per heavy atom. The molecule has 0 unspecified atom stereocenters. The molecule has 56 heavy (non-hydrogen) atoms. The van der Waals surface area contributed by atoms with Crippen molar-refractivity contribution < 1.29 is 112 Å². The van der Waals surface area contributed by atoms with Crippen LogP contribution in [0.5, 0.6) is 0 Å². The number of carbonyl (C=O) groups is 4. The second kappa shape index (κ2) is 27.8. The smallest absolute Gasteiger partial charge is 0.587 e. The van der Waals surface area contributed by atoms with Crippen LogP contribution in [0.2, 0.25) is 0 Å². The summed E-state index contributed by atoms with van der Waals surface area (Å²) in [6.07, 6.45) is 0. The van der Waals surface area contributed by atoms with Crippen LogP contribution in [0.15, 0.2) is 77.7 Å². The number of carbonyl (C=O) groups excluding carboxylic acids is 4. The standard InChI is InChI=1S/C16H21NO5.C15H24O6S.C8H5NO2.K/c1-2-20-9-10-22-12-11-21-8-7-17-15(18)13-5-3-4-6-14(13)16(17)19;1-3-18-8-9-19-10-11-20-12-13-21-22(16,17)15-6-4-14(2)5-7-15;10-7-5-3-1-2-4-6(5)8(11)9-7;/h3-6H,2,7-12H2,1H3;4-7H,3,8-13H2,1-2H3;1-4H,(H,9,10,11);/q;;;+1/p-1. The molecule has 0 atom stereocenters. The Morgan fingerprint density at radius 3 is 1.32 bits per heavy atom. The molecule has 0 saturated carbocycles. The molecular weight excluding hydrogens is 776 g/mol. The number of hydrogen-bond donors (Lipinski definition) is 0. The number of ether oxygens (including phenoxy) is 6. The Bertz CT molecular complexity index is 1710. The summed E-state index contributed by atoms with van der Waals surface area (Å²) >= 11 is 0. The van der Waals surface area contributed by atoms with Crippen molar-refractivity contribution in [1.82, 2.24) is 4.90 Å². The minimum atomic E-state index is -3.71. The predicted octanol–water partition coefficient (Wildman–Crippen LogP) is 1.48. The number of hydrogen-bond acceptors (Lipinski definition) is 13. The molecule has 2 heterocycles. The molecule has 3 aromatic carbocycles. The molecular formula is C39H49KN2O13S. The molecule has 0 saturated heterocycles. The molecule has 2 aliphatic heterocycles. The van der Waals surface area contributed by atoms with Crippen molar-refractivity contribution in [2.75, 3.05) is 92.4 Å². The van der Waals surface area contributed by atoms with Gasteiger partial charge in [-0.25, -0.2) is 0 Å². The van der Waals surface area contributed by atoms with E-state index in [0.29, 0.717) is 94.9 Å². The molecule has 0 spiro atoms. The zero-order valence-electron chi connectivity index (χ0n) is 32.4. The first-order chi connectivity index (χ1) is 26.6. The van der Waals surface area contributed by atoms with E-state index in [1.165, 1.54) is 17.0 Å². The van der Waals surface area contributed by atoms with Gasteiger partial charge in [0.2, 0.25) is 0 Å². The van der Waals surface area contributed by atoms with Crippen molar-refractivity contribution in [3.8, 4) is 0 Å². The van der Waals surface area contributed by atoms with Crippen molar-refractivity contribution in [2.45, 2.75) is 25.7 Å². The van der Waals surface area contributed by atoms with E-state index in [9.17, 15) is 27.6 Å². The summed E-state index contributed by atoms with van der Waals surface area (Å²) in [6, 6.07) is 20.0. The monoisotopic (exact) mass is 824 g/mol. The molecule has 300 valence electrons. The van der Waals surface area contributed by atoms with E-state index in [2.05, 4.69) is 5.32 Å². The van der Waals surface area contributed by atoms with Gasteiger partial charge in [-0.1, -0.05) is 54.1 Å². The summed E-state index contributed by atoms with van der Waals surface area (Å²) in [6.45, 7) is 11.8. The third kappa shape index (κ3) is 17.0. The Hall–Kier alpha value is -2.75. The Morgan fingerprint density at radius 1 is 0.518 bits per heavy atom. The zero-order chi connectivity index (χ0) is 39.9. The number of benzene rings is 3. The number of imide groups is 2. The van der Waals surface area contributed by atoms with Crippen molar-refractivity contribution in [3.05, 3.63) is 106 Å². The van der Waals surface area contributed by atoms with E-state index < -0.39 is 21.9 Å². The summed E-state index contributed by atoms with van der Waals surface area (Å²) in [4.78, 5) is 47.3. The van der Waals surface area contributed by atoms with Gasteiger partial charge in [0.25, 0.3) is 21.9 Å². The minimum absolute atomic E-state index is 0. The van der Waals surface area contributed by atoms with Gasteiger partial charge in [0.15, 0.2) is 0 Å². The summed E-state index contributed by atoms with van der Waals surface area (Å²) in [5.74, 6) is -1.36. The molecule has 15 nitrogen and oxygen atoms in total. The van der Waals surface area contributed by atoms with Gasteiger partial charge >= 0.3 is 51.4 Å². The minimum Gasteiger partial charge on any atom is -0.587 e. The first kappa shape index (κ1) is 49.4. The van der Waals surface area contributed by atoms with Crippen LogP contribution in [0.25, 0.3) is 5.32 Å². The van der Waals surface area contributed by atoms with Crippen molar-refractivity contribution in [1.29, 1.82) is 0 Å². The average Bonchev–Trinajstić information content (AvgIpc) is 3.62. The fourth-order valence-corrected chi connectivity index (χ4v) is 5.70. The van der Waals surface area contributed by atoms with Gasteiger partial charge in [0.1, 0.15) is 0 Å². The molecule has 0 aromatic heterocycles. The van der Waals surface area contributed by atoms with E-state index in [-0.39, 0.29) is 87.9 Å². The Balaban J connectivity index is 0.000000302. The van der Waals surface area contributed by atoms with Crippen LogP contribution in [-0.4, -0.2) is 129 Å². The SMILES string of the molecule is CCOCCOCCOCCN1C(=O)c2ccccc2C1=O.CCOCCOCCOCCOS(=O)(=O)c1ccc(C)cc1.O=C1[N-]C(=O)c2ccccc21.[K+]. The van der Waals surface area contributed by atoms with Crippen LogP contribution in [0.3, 0.4) is 0 Å². The summed E-state index contributed by atoms with van der Waals surface area (Å²) in [7, 11) is -3.71. The molecule has 5 rings (SSSR count). The Labute approximate surface area is 371 Å². The maximum Gasteiger partial charge on any atom is 1.00 e. The fraction of sp³-hybridized carbons (Fsp3) is 0.436. The fourth-order valence-electron chi connectivity index (χ4n) is 4.81. The number of fused-ring (bicyclic) bond motifs is 2. The van der Waals surface area contributed by atoms with E-state index in [1.807, 2.05) is 20.8 Å². The van der Waals surface area contributed by atoms with E-state index in [4.69, 9.17) is 32.6 Å². The molecule has 0 radical (unpaired) electrons. The van der Waals surface area contributed by atoms with Gasteiger partial charge in [-0.15, -0.1) is 0 Å². The van der Waals surface area contributed by atoms with E-state index in [1.54, 1.807) is 60.7 Å². The Kier molecular flexibility index (Phi) is 24.5. The van der Waals surface area contributed by atoms with Crippen molar-refractivity contribution in [3.63, 3.8) is 0 Å². The van der Waals surface area contributed by atoms with Crippen LogP contribution in [0.1, 0.15) is 60.8 Å². The number of rotatable bonds is 22. The molecule has 0 N–H and O–H groups in total. The maximum atomic E-state index is 12.1. The largest absolute Gasteiger partial charge is 1.00 e. The molecule has 17 heteroatoms. The molecule has 4 amide bonds. The second-order valence-corrected chi connectivity index (χ2v) is 13.1. The van der Waals surface area contributed by atoms with E-state index in [0.717, 1.165) is 5.56 Å². The second-order valence-electron chi connectivity index (χ2n) is 11.5. The third-order valence-corrected chi connectivity index (χ3v) is 8.93.